The number of para-hydroxylation sites is 1. The molecule has 0 aliphatic carbocycles. The van der Waals surface area contributed by atoms with Gasteiger partial charge in [0.25, 0.3) is 5.91 Å². The number of fused-ring (bicyclic) bond motifs is 3. The van der Waals surface area contributed by atoms with Gasteiger partial charge < -0.3 is 14.8 Å². The number of ether oxygens (including phenoxy) is 2. The number of aliphatic imine (C=N–C) groups is 2. The summed E-state index contributed by atoms with van der Waals surface area (Å²) < 4.78 is 10.6. The van der Waals surface area contributed by atoms with Crippen LogP contribution in [0.2, 0.25) is 0 Å². The van der Waals surface area contributed by atoms with Crippen molar-refractivity contribution in [2.45, 2.75) is 12.5 Å². The Morgan fingerprint density at radius 1 is 0.972 bits per heavy atom. The van der Waals surface area contributed by atoms with Crippen LogP contribution in [0.3, 0.4) is 0 Å². The molecule has 36 heavy (non-hydrogen) atoms. The maximum atomic E-state index is 13.0. The summed E-state index contributed by atoms with van der Waals surface area (Å²) >= 11 is 1.27. The molecule has 0 saturated heterocycles. The lowest BCUT2D eigenvalue weighted by Crippen LogP contribution is -2.45. The lowest BCUT2D eigenvalue weighted by Gasteiger charge is -2.31. The molecule has 0 radical (unpaired) electrons. The summed E-state index contributed by atoms with van der Waals surface area (Å²) in [5.74, 6) is 1.38. The van der Waals surface area contributed by atoms with E-state index in [2.05, 4.69) is 10.3 Å². The first-order valence-corrected chi connectivity index (χ1v) is 12.3. The molecule has 3 aromatic rings. The van der Waals surface area contributed by atoms with Gasteiger partial charge in [0.1, 0.15) is 23.4 Å². The number of anilines is 1. The highest BCUT2D eigenvalue weighted by Gasteiger charge is 2.41. The summed E-state index contributed by atoms with van der Waals surface area (Å²) in [6.07, 6.45) is 0.490. The van der Waals surface area contributed by atoms with E-state index in [9.17, 15) is 9.59 Å². The van der Waals surface area contributed by atoms with Crippen LogP contribution in [0.1, 0.15) is 11.1 Å². The molecule has 182 valence electrons. The predicted octanol–water partition coefficient (Wildman–Crippen LogP) is 4.28. The summed E-state index contributed by atoms with van der Waals surface area (Å²) in [7, 11) is 3.11. The van der Waals surface area contributed by atoms with Gasteiger partial charge in [-0.15, -0.1) is 0 Å². The number of hydrogen-bond donors (Lipinski definition) is 1. The highest BCUT2D eigenvalue weighted by molar-refractivity contribution is 8.14. The maximum absolute atomic E-state index is 13.0. The zero-order chi connectivity index (χ0) is 25.1. The predicted molar refractivity (Wildman–Crippen MR) is 141 cm³/mol. The average Bonchev–Trinajstić information content (AvgIpc) is 3.23. The molecule has 2 amide bonds. The van der Waals surface area contributed by atoms with E-state index in [1.54, 1.807) is 32.4 Å². The SMILES string of the molecule is COc1cc(NC(=O)CSC2=Nc3ccccc3C3=NC(=O)C(Cc4ccccc4)N23)cc(OC)c1. The topological polar surface area (TPSA) is 92.6 Å². The molecule has 2 heterocycles. The van der Waals surface area contributed by atoms with Gasteiger partial charge in [-0.25, -0.2) is 4.99 Å². The number of amides is 2. The van der Waals surface area contributed by atoms with Crippen molar-refractivity contribution in [3.8, 4) is 11.5 Å². The van der Waals surface area contributed by atoms with E-state index in [0.717, 1.165) is 16.8 Å². The smallest absolute Gasteiger partial charge is 0.271 e. The minimum Gasteiger partial charge on any atom is -0.497 e. The third-order valence-electron chi connectivity index (χ3n) is 5.85. The summed E-state index contributed by atoms with van der Waals surface area (Å²) in [6, 6.07) is 22.1. The van der Waals surface area contributed by atoms with E-state index in [1.807, 2.05) is 59.5 Å². The van der Waals surface area contributed by atoms with Crippen LogP contribution in [0.15, 0.2) is 82.8 Å². The van der Waals surface area contributed by atoms with Crippen molar-refractivity contribution in [3.05, 3.63) is 83.9 Å². The van der Waals surface area contributed by atoms with E-state index in [1.165, 1.54) is 11.8 Å². The Morgan fingerprint density at radius 3 is 2.39 bits per heavy atom. The summed E-state index contributed by atoms with van der Waals surface area (Å²) in [6.45, 7) is 0. The molecule has 0 bridgehead atoms. The minimum atomic E-state index is -0.521. The zero-order valence-corrected chi connectivity index (χ0v) is 20.6. The molecular formula is C27H24N4O4S. The molecule has 5 rings (SSSR count). The van der Waals surface area contributed by atoms with E-state index in [0.29, 0.717) is 34.6 Å². The van der Waals surface area contributed by atoms with Crippen molar-refractivity contribution in [2.24, 2.45) is 9.98 Å². The molecule has 1 atom stereocenters. The third-order valence-corrected chi connectivity index (χ3v) is 6.80. The van der Waals surface area contributed by atoms with Gasteiger partial charge in [-0.3, -0.25) is 14.5 Å². The lowest BCUT2D eigenvalue weighted by atomic mass is 10.0. The van der Waals surface area contributed by atoms with Gasteiger partial charge in [-0.2, -0.15) is 4.99 Å². The second kappa shape index (κ2) is 10.2. The Hall–Kier alpha value is -4.11. The monoisotopic (exact) mass is 500 g/mol. The summed E-state index contributed by atoms with van der Waals surface area (Å²) in [5.41, 5.74) is 3.12. The molecule has 0 spiro atoms. The Labute approximate surface area is 213 Å². The number of carbonyl (C=O) groups is 2. The Morgan fingerprint density at radius 2 is 1.67 bits per heavy atom. The minimum absolute atomic E-state index is 0.0938. The zero-order valence-electron chi connectivity index (χ0n) is 19.8. The molecule has 1 N–H and O–H groups in total. The van der Waals surface area contributed by atoms with Gasteiger partial charge in [0.2, 0.25) is 5.91 Å². The van der Waals surface area contributed by atoms with Crippen molar-refractivity contribution in [3.63, 3.8) is 0 Å². The van der Waals surface area contributed by atoms with Gasteiger partial charge in [-0.1, -0.05) is 54.2 Å². The van der Waals surface area contributed by atoms with Gasteiger partial charge in [0.05, 0.1) is 25.7 Å². The number of benzene rings is 3. The largest absolute Gasteiger partial charge is 0.497 e. The standard InChI is InChI=1S/C27H24N4O4S/c1-34-19-13-18(14-20(15-19)35-2)28-24(32)16-36-27-29-22-11-7-6-10-21(22)25-30-26(33)23(31(25)27)12-17-8-4-3-5-9-17/h3-11,13-15,23H,12,16H2,1-2H3,(H,28,32). The molecule has 8 nitrogen and oxygen atoms in total. The number of rotatable bonds is 7. The fourth-order valence-electron chi connectivity index (χ4n) is 4.15. The average molecular weight is 501 g/mol. The second-order valence-electron chi connectivity index (χ2n) is 8.20. The van der Waals surface area contributed by atoms with Crippen LogP contribution in [0.4, 0.5) is 11.4 Å². The first-order valence-electron chi connectivity index (χ1n) is 11.3. The van der Waals surface area contributed by atoms with Crippen molar-refractivity contribution in [1.82, 2.24) is 4.90 Å². The van der Waals surface area contributed by atoms with Crippen LogP contribution in [0, 0.1) is 0 Å². The Balaban J connectivity index is 1.37. The van der Waals surface area contributed by atoms with Crippen molar-refractivity contribution < 1.29 is 19.1 Å². The highest BCUT2D eigenvalue weighted by atomic mass is 32.2. The van der Waals surface area contributed by atoms with Gasteiger partial charge >= 0.3 is 0 Å². The normalized spacial score (nSPS) is 16.0. The highest BCUT2D eigenvalue weighted by Crippen LogP contribution is 2.35. The Kier molecular flexibility index (Phi) is 6.73. The second-order valence-corrected chi connectivity index (χ2v) is 9.14. The molecule has 0 aromatic heterocycles. The number of hydrogen-bond acceptors (Lipinski definition) is 7. The first kappa shape index (κ1) is 23.6. The van der Waals surface area contributed by atoms with Gasteiger partial charge in [-0.05, 0) is 17.7 Å². The van der Waals surface area contributed by atoms with E-state index in [-0.39, 0.29) is 17.6 Å². The number of methoxy groups -OCH3 is 2. The van der Waals surface area contributed by atoms with Crippen LogP contribution < -0.4 is 14.8 Å². The van der Waals surface area contributed by atoms with E-state index < -0.39 is 6.04 Å². The van der Waals surface area contributed by atoms with Crippen LogP contribution in [-0.2, 0) is 16.0 Å². The number of thioether (sulfide) groups is 1. The number of amidine groups is 2. The van der Waals surface area contributed by atoms with Crippen molar-refractivity contribution in [2.75, 3.05) is 25.3 Å². The third kappa shape index (κ3) is 4.83. The molecule has 3 aromatic carbocycles. The number of carbonyl (C=O) groups excluding carboxylic acids is 2. The maximum Gasteiger partial charge on any atom is 0.271 e. The van der Waals surface area contributed by atoms with Gasteiger partial charge in [0.15, 0.2) is 5.17 Å². The molecule has 0 saturated carbocycles. The molecule has 1 unspecified atom stereocenters. The molecule has 2 aliphatic heterocycles. The van der Waals surface area contributed by atoms with E-state index in [4.69, 9.17) is 14.5 Å². The van der Waals surface area contributed by atoms with Crippen molar-refractivity contribution in [1.29, 1.82) is 0 Å². The quantitative estimate of drug-likeness (QED) is 0.521. The Bertz CT molecular complexity index is 1350. The van der Waals surface area contributed by atoms with E-state index >= 15 is 0 Å². The van der Waals surface area contributed by atoms with Crippen LogP contribution in [0.5, 0.6) is 11.5 Å². The van der Waals surface area contributed by atoms with Crippen molar-refractivity contribution >= 4 is 46.0 Å². The van der Waals surface area contributed by atoms with Crippen LogP contribution in [-0.4, -0.2) is 53.7 Å². The number of nitrogens with zero attached hydrogens (tertiary/aromatic N) is 3. The van der Waals surface area contributed by atoms with Crippen LogP contribution in [0.25, 0.3) is 0 Å². The summed E-state index contributed by atoms with van der Waals surface area (Å²) in [4.78, 5) is 36.9. The number of nitrogens with one attached hydrogen (secondary N) is 1. The molecule has 2 aliphatic rings. The fraction of sp³-hybridized carbons (Fsp3) is 0.185. The lowest BCUT2D eigenvalue weighted by molar-refractivity contribution is -0.119. The summed E-state index contributed by atoms with van der Waals surface area (Å²) in [5, 5.41) is 3.45. The molecule has 9 heteroatoms. The molecule has 0 fully saturated rings. The fourth-order valence-corrected chi connectivity index (χ4v) is 4.99. The molecular weight excluding hydrogens is 476 g/mol. The van der Waals surface area contributed by atoms with Crippen LogP contribution >= 0.6 is 11.8 Å². The first-order chi connectivity index (χ1) is 17.6. The van der Waals surface area contributed by atoms with Gasteiger partial charge in [0, 0.05) is 35.9 Å².